The van der Waals surface area contributed by atoms with Gasteiger partial charge in [-0.05, 0) is 90.4 Å². The second-order valence-electron chi connectivity index (χ2n) is 10.8. The number of hydrogen-bond donors (Lipinski definition) is 0. The van der Waals surface area contributed by atoms with Crippen molar-refractivity contribution in [2.24, 2.45) is 0 Å². The first-order valence-corrected chi connectivity index (χ1v) is 13.3. The second kappa shape index (κ2) is 6.87. The molecule has 0 unspecified atom stereocenters. The van der Waals surface area contributed by atoms with Crippen LogP contribution in [0.15, 0.2) is 121 Å². The average molecular weight is 469 g/mol. The van der Waals surface area contributed by atoms with Crippen LogP contribution < -0.4 is 0 Å². The van der Waals surface area contributed by atoms with E-state index in [0.29, 0.717) is 0 Å². The highest BCUT2D eigenvalue weighted by Gasteiger charge is 2.51. The molecule has 0 fully saturated rings. The standard InChI is InChI=1S/C37H24/c1-5-13-28-23(9-1)17-19-32-35(28)36-33(20-18-27-21-24-10-2-6-14-29(24)34(27)36)37(32)30-15-7-3-11-25(30)22-26-12-4-8-16-31(26)37/h1-20H,21-22H2. The SMILES string of the molecule is c1ccc2c(c1)Cc1ccc3c(c1-2)-c1c(ccc2ccccc12)C31c2ccccc2Cc2ccccc21. The Morgan fingerprint density at radius 3 is 1.78 bits per heavy atom. The van der Waals surface area contributed by atoms with Crippen molar-refractivity contribution >= 4 is 10.8 Å². The van der Waals surface area contributed by atoms with Gasteiger partial charge in [0.05, 0.1) is 5.41 Å². The summed E-state index contributed by atoms with van der Waals surface area (Å²) in [5.41, 5.74) is 16.9. The van der Waals surface area contributed by atoms with Gasteiger partial charge in [0.25, 0.3) is 0 Å². The molecule has 3 aliphatic rings. The maximum Gasteiger partial charge on any atom is 0.0719 e. The zero-order valence-electron chi connectivity index (χ0n) is 20.5. The first-order valence-electron chi connectivity index (χ1n) is 13.3. The van der Waals surface area contributed by atoms with Crippen LogP contribution in [0.2, 0.25) is 0 Å². The molecular formula is C37H24. The predicted octanol–water partition coefficient (Wildman–Crippen LogP) is 8.68. The van der Waals surface area contributed by atoms with Crippen LogP contribution in [0, 0.1) is 0 Å². The van der Waals surface area contributed by atoms with Crippen LogP contribution in [0.1, 0.15) is 44.5 Å². The molecule has 37 heavy (non-hydrogen) atoms. The molecule has 0 heteroatoms. The van der Waals surface area contributed by atoms with Crippen molar-refractivity contribution < 1.29 is 0 Å². The Balaban J connectivity index is 1.54. The Morgan fingerprint density at radius 2 is 0.973 bits per heavy atom. The van der Waals surface area contributed by atoms with Crippen molar-refractivity contribution in [2.45, 2.75) is 18.3 Å². The molecule has 0 atom stereocenters. The van der Waals surface area contributed by atoms with Crippen molar-refractivity contribution in [2.75, 3.05) is 0 Å². The van der Waals surface area contributed by atoms with Gasteiger partial charge in [-0.2, -0.15) is 0 Å². The van der Waals surface area contributed by atoms with E-state index in [2.05, 4.69) is 121 Å². The van der Waals surface area contributed by atoms with Gasteiger partial charge in [-0.3, -0.25) is 0 Å². The van der Waals surface area contributed by atoms with Gasteiger partial charge in [0.1, 0.15) is 0 Å². The maximum atomic E-state index is 2.47. The normalized spacial score (nSPS) is 15.0. The fourth-order valence-corrected chi connectivity index (χ4v) is 7.81. The molecule has 0 aliphatic heterocycles. The first kappa shape index (κ1) is 19.7. The summed E-state index contributed by atoms with van der Waals surface area (Å²) >= 11 is 0. The topological polar surface area (TPSA) is 0 Å². The molecule has 9 rings (SSSR count). The van der Waals surface area contributed by atoms with Crippen LogP contribution in [0.25, 0.3) is 33.0 Å². The predicted molar refractivity (Wildman–Crippen MR) is 152 cm³/mol. The fourth-order valence-electron chi connectivity index (χ4n) is 7.81. The highest BCUT2D eigenvalue weighted by molar-refractivity contribution is 6.09. The van der Waals surface area contributed by atoms with Gasteiger partial charge >= 0.3 is 0 Å². The third kappa shape index (κ3) is 2.30. The molecular weight excluding hydrogens is 444 g/mol. The van der Waals surface area contributed by atoms with E-state index in [1.54, 1.807) is 0 Å². The Kier molecular flexibility index (Phi) is 3.66. The molecule has 6 aromatic carbocycles. The largest absolute Gasteiger partial charge is 0.0719 e. The summed E-state index contributed by atoms with van der Waals surface area (Å²) in [6.07, 6.45) is 2.00. The average Bonchev–Trinajstić information content (AvgIpc) is 3.47. The van der Waals surface area contributed by atoms with E-state index in [4.69, 9.17) is 0 Å². The van der Waals surface area contributed by atoms with E-state index < -0.39 is 0 Å². The van der Waals surface area contributed by atoms with Crippen LogP contribution >= 0.6 is 0 Å². The van der Waals surface area contributed by atoms with Crippen molar-refractivity contribution in [3.63, 3.8) is 0 Å². The van der Waals surface area contributed by atoms with Crippen LogP contribution in [0.5, 0.6) is 0 Å². The van der Waals surface area contributed by atoms with Crippen LogP contribution in [-0.2, 0) is 18.3 Å². The van der Waals surface area contributed by atoms with Crippen LogP contribution in [-0.4, -0.2) is 0 Å². The van der Waals surface area contributed by atoms with Crippen LogP contribution in [0.4, 0.5) is 0 Å². The molecule has 3 aliphatic carbocycles. The quantitative estimate of drug-likeness (QED) is 0.209. The summed E-state index contributed by atoms with van der Waals surface area (Å²) in [4.78, 5) is 0. The molecule has 1 spiro atoms. The maximum absolute atomic E-state index is 2.47. The number of hydrogen-bond acceptors (Lipinski definition) is 0. The summed E-state index contributed by atoms with van der Waals surface area (Å²) in [7, 11) is 0. The van der Waals surface area contributed by atoms with Crippen molar-refractivity contribution in [1.29, 1.82) is 0 Å². The minimum absolute atomic E-state index is 0.313. The molecule has 172 valence electrons. The Labute approximate surface area is 216 Å². The zero-order chi connectivity index (χ0) is 24.1. The Morgan fingerprint density at radius 1 is 0.378 bits per heavy atom. The molecule has 0 nitrogen and oxygen atoms in total. The van der Waals surface area contributed by atoms with E-state index in [-0.39, 0.29) is 5.41 Å². The highest BCUT2D eigenvalue weighted by Crippen LogP contribution is 2.63. The minimum Gasteiger partial charge on any atom is -0.0620 e. The van der Waals surface area contributed by atoms with E-state index in [0.717, 1.165) is 12.8 Å². The molecule has 0 heterocycles. The molecule has 6 aromatic rings. The molecule has 0 bridgehead atoms. The molecule has 0 N–H and O–H groups in total. The summed E-state index contributed by atoms with van der Waals surface area (Å²) in [5, 5.41) is 2.67. The molecule has 0 saturated heterocycles. The van der Waals surface area contributed by atoms with Crippen molar-refractivity contribution in [3.05, 3.63) is 166 Å². The number of fused-ring (bicyclic) bond motifs is 15. The lowest BCUT2D eigenvalue weighted by Gasteiger charge is -2.40. The van der Waals surface area contributed by atoms with Gasteiger partial charge in [-0.15, -0.1) is 0 Å². The highest BCUT2D eigenvalue weighted by atomic mass is 14.5. The van der Waals surface area contributed by atoms with Crippen molar-refractivity contribution in [1.82, 2.24) is 0 Å². The van der Waals surface area contributed by atoms with E-state index in [1.807, 2.05) is 0 Å². The summed E-state index contributed by atoms with van der Waals surface area (Å²) in [5.74, 6) is 0. The monoisotopic (exact) mass is 468 g/mol. The molecule has 0 radical (unpaired) electrons. The van der Waals surface area contributed by atoms with Gasteiger partial charge in [0.15, 0.2) is 0 Å². The summed E-state index contributed by atoms with van der Waals surface area (Å²) < 4.78 is 0. The van der Waals surface area contributed by atoms with Gasteiger partial charge in [-0.25, -0.2) is 0 Å². The molecule has 0 aromatic heterocycles. The third-order valence-electron chi connectivity index (χ3n) is 9.17. The number of rotatable bonds is 0. The summed E-state index contributed by atoms with van der Waals surface area (Å²) in [6, 6.07) is 46.0. The van der Waals surface area contributed by atoms with E-state index in [9.17, 15) is 0 Å². The van der Waals surface area contributed by atoms with Gasteiger partial charge in [-0.1, -0.05) is 121 Å². The van der Waals surface area contributed by atoms with Crippen LogP contribution in [0.3, 0.4) is 0 Å². The molecule has 0 amide bonds. The lowest BCUT2D eigenvalue weighted by Crippen LogP contribution is -2.34. The van der Waals surface area contributed by atoms with Gasteiger partial charge in [0, 0.05) is 0 Å². The fraction of sp³-hybridized carbons (Fsp3) is 0.0811. The summed E-state index contributed by atoms with van der Waals surface area (Å²) in [6.45, 7) is 0. The Bertz CT molecular complexity index is 1890. The lowest BCUT2D eigenvalue weighted by molar-refractivity contribution is 0.722. The lowest BCUT2D eigenvalue weighted by atomic mass is 9.61. The van der Waals surface area contributed by atoms with Gasteiger partial charge < -0.3 is 0 Å². The van der Waals surface area contributed by atoms with E-state index >= 15 is 0 Å². The minimum atomic E-state index is -0.313. The molecule has 0 saturated carbocycles. The third-order valence-corrected chi connectivity index (χ3v) is 9.17. The smallest absolute Gasteiger partial charge is 0.0620 e. The second-order valence-corrected chi connectivity index (χ2v) is 10.8. The van der Waals surface area contributed by atoms with Crippen molar-refractivity contribution in [3.8, 4) is 22.3 Å². The van der Waals surface area contributed by atoms with E-state index in [1.165, 1.54) is 77.5 Å². The first-order chi connectivity index (χ1) is 18.4. The Hall–Kier alpha value is -4.42. The number of benzene rings is 6. The van der Waals surface area contributed by atoms with Gasteiger partial charge in [0.2, 0.25) is 0 Å². The zero-order valence-corrected chi connectivity index (χ0v) is 20.5.